The zero-order valence-corrected chi connectivity index (χ0v) is 18.2. The lowest BCUT2D eigenvalue weighted by atomic mass is 10.3. The van der Waals surface area contributed by atoms with Gasteiger partial charge in [0.25, 0.3) is 5.56 Å². The van der Waals surface area contributed by atoms with Gasteiger partial charge in [-0.15, -0.1) is 0 Å². The minimum atomic E-state index is -3.20. The monoisotopic (exact) mass is 426 g/mol. The van der Waals surface area contributed by atoms with Crippen molar-refractivity contribution >= 4 is 15.2 Å². The standard InChI is InChI=1S/C15H28N2O8P2/c1-13-12-14(18)17(9-7-11-27(21,24-4)25-5)15(19)16(13)8-6-10-26(20,22-2)23-3/h12H,6-11H2,1-5H3. The van der Waals surface area contributed by atoms with Gasteiger partial charge in [0.05, 0.1) is 12.3 Å². The molecular weight excluding hydrogens is 398 g/mol. The van der Waals surface area contributed by atoms with Crippen LogP contribution in [0.15, 0.2) is 15.7 Å². The fourth-order valence-electron chi connectivity index (χ4n) is 2.56. The molecule has 0 saturated heterocycles. The Balaban J connectivity index is 2.92. The van der Waals surface area contributed by atoms with E-state index in [0.29, 0.717) is 12.1 Å². The molecule has 0 atom stereocenters. The van der Waals surface area contributed by atoms with Crippen LogP contribution in [0.3, 0.4) is 0 Å². The second-order valence-electron chi connectivity index (χ2n) is 5.82. The summed E-state index contributed by atoms with van der Waals surface area (Å²) in [6.07, 6.45) is 0.890. The van der Waals surface area contributed by atoms with Crippen molar-refractivity contribution in [2.75, 3.05) is 40.8 Å². The van der Waals surface area contributed by atoms with Crippen molar-refractivity contribution in [3.63, 3.8) is 0 Å². The van der Waals surface area contributed by atoms with E-state index < -0.39 is 26.4 Å². The molecule has 0 fully saturated rings. The largest absolute Gasteiger partial charge is 0.331 e. The molecule has 0 amide bonds. The second-order valence-corrected chi connectivity index (χ2v) is 10.6. The Morgan fingerprint density at radius 1 is 0.815 bits per heavy atom. The van der Waals surface area contributed by atoms with Gasteiger partial charge in [-0.3, -0.25) is 23.1 Å². The second kappa shape index (κ2) is 10.5. The van der Waals surface area contributed by atoms with Crippen molar-refractivity contribution in [1.82, 2.24) is 9.13 Å². The van der Waals surface area contributed by atoms with Crippen molar-refractivity contribution < 1.29 is 27.2 Å². The molecule has 0 spiro atoms. The summed E-state index contributed by atoms with van der Waals surface area (Å²) in [6.45, 7) is 2.00. The quantitative estimate of drug-likeness (QED) is 0.467. The topological polar surface area (TPSA) is 115 Å². The molecule has 1 rings (SSSR count). The first kappa shape index (κ1) is 24.0. The van der Waals surface area contributed by atoms with Crippen LogP contribution < -0.4 is 11.2 Å². The van der Waals surface area contributed by atoms with E-state index in [0.717, 1.165) is 4.57 Å². The summed E-state index contributed by atoms with van der Waals surface area (Å²) in [7, 11) is -1.17. The minimum absolute atomic E-state index is 0.0866. The zero-order chi connectivity index (χ0) is 20.7. The highest BCUT2D eigenvalue weighted by atomic mass is 31.2. The number of aromatic nitrogens is 2. The molecule has 0 bridgehead atoms. The van der Waals surface area contributed by atoms with Gasteiger partial charge < -0.3 is 18.1 Å². The van der Waals surface area contributed by atoms with E-state index in [1.807, 2.05) is 0 Å². The normalized spacial score (nSPS) is 12.5. The lowest BCUT2D eigenvalue weighted by Crippen LogP contribution is -2.40. The van der Waals surface area contributed by atoms with E-state index in [4.69, 9.17) is 18.1 Å². The molecule has 0 aliphatic heterocycles. The summed E-state index contributed by atoms with van der Waals surface area (Å²) in [5.41, 5.74) is -0.405. The zero-order valence-electron chi connectivity index (χ0n) is 16.4. The van der Waals surface area contributed by atoms with Crippen molar-refractivity contribution in [3.05, 3.63) is 32.6 Å². The molecule has 0 unspecified atom stereocenters. The lowest BCUT2D eigenvalue weighted by molar-refractivity contribution is 0.274. The lowest BCUT2D eigenvalue weighted by Gasteiger charge is -2.16. The molecule has 156 valence electrons. The van der Waals surface area contributed by atoms with Gasteiger partial charge in [-0.2, -0.15) is 0 Å². The molecule has 0 N–H and O–H groups in total. The summed E-state index contributed by atoms with van der Waals surface area (Å²) in [6, 6.07) is 1.36. The molecular formula is C15H28N2O8P2. The number of hydrogen-bond donors (Lipinski definition) is 0. The molecule has 0 saturated carbocycles. The SMILES string of the molecule is COP(=O)(CCCn1c(C)cc(=O)n(CCCP(=O)(OC)OC)c1=O)OC. The van der Waals surface area contributed by atoms with Gasteiger partial charge in [0.15, 0.2) is 0 Å². The van der Waals surface area contributed by atoms with Gasteiger partial charge in [-0.1, -0.05) is 0 Å². The van der Waals surface area contributed by atoms with E-state index in [9.17, 15) is 18.7 Å². The highest BCUT2D eigenvalue weighted by Crippen LogP contribution is 2.47. The van der Waals surface area contributed by atoms with Crippen molar-refractivity contribution in [3.8, 4) is 0 Å². The van der Waals surface area contributed by atoms with Gasteiger partial charge in [-0.05, 0) is 19.8 Å². The molecule has 1 aromatic rings. The van der Waals surface area contributed by atoms with E-state index >= 15 is 0 Å². The maximum Gasteiger partial charge on any atom is 0.331 e. The maximum absolute atomic E-state index is 12.7. The maximum atomic E-state index is 12.7. The molecule has 12 heteroatoms. The predicted octanol–water partition coefficient (Wildman–Crippen LogP) is 2.07. The third-order valence-electron chi connectivity index (χ3n) is 4.23. The average Bonchev–Trinajstić information content (AvgIpc) is 2.66. The summed E-state index contributed by atoms with van der Waals surface area (Å²) in [5, 5.41) is 0. The summed E-state index contributed by atoms with van der Waals surface area (Å²) in [5.74, 6) is 0. The Hall–Kier alpha value is -1.02. The van der Waals surface area contributed by atoms with Crippen LogP contribution in [0.2, 0.25) is 0 Å². The van der Waals surface area contributed by atoms with Gasteiger partial charge in [0.1, 0.15) is 0 Å². The highest BCUT2D eigenvalue weighted by molar-refractivity contribution is 7.54. The first-order chi connectivity index (χ1) is 12.6. The molecule has 0 aliphatic carbocycles. The van der Waals surface area contributed by atoms with Crippen molar-refractivity contribution in [1.29, 1.82) is 0 Å². The Labute approximate surface area is 158 Å². The fraction of sp³-hybridized carbons (Fsp3) is 0.733. The van der Waals surface area contributed by atoms with Crippen molar-refractivity contribution in [2.45, 2.75) is 32.9 Å². The number of nitrogens with zero attached hydrogens (tertiary/aromatic N) is 2. The molecule has 10 nitrogen and oxygen atoms in total. The predicted molar refractivity (Wildman–Crippen MR) is 102 cm³/mol. The number of hydrogen-bond acceptors (Lipinski definition) is 8. The Morgan fingerprint density at radius 3 is 1.63 bits per heavy atom. The summed E-state index contributed by atoms with van der Waals surface area (Å²) >= 11 is 0. The third-order valence-corrected chi connectivity index (χ3v) is 8.18. The smallest absolute Gasteiger partial charge is 0.312 e. The van der Waals surface area contributed by atoms with Crippen LogP contribution in [-0.4, -0.2) is 49.9 Å². The van der Waals surface area contributed by atoms with Crippen LogP contribution in [0, 0.1) is 6.92 Å². The van der Waals surface area contributed by atoms with Crippen molar-refractivity contribution in [2.24, 2.45) is 0 Å². The van der Waals surface area contributed by atoms with E-state index in [2.05, 4.69) is 0 Å². The van der Waals surface area contributed by atoms with Gasteiger partial charge >= 0.3 is 20.9 Å². The number of rotatable bonds is 12. The van der Waals surface area contributed by atoms with E-state index in [1.165, 1.54) is 39.1 Å². The van der Waals surface area contributed by atoms with Crippen LogP contribution in [0.25, 0.3) is 0 Å². The number of aryl methyl sites for hydroxylation is 1. The minimum Gasteiger partial charge on any atom is -0.312 e. The molecule has 1 aromatic heterocycles. The van der Waals surface area contributed by atoms with Crippen LogP contribution in [-0.2, 0) is 40.3 Å². The van der Waals surface area contributed by atoms with E-state index in [-0.39, 0.29) is 31.8 Å². The average molecular weight is 426 g/mol. The van der Waals surface area contributed by atoms with Crippen LogP contribution in [0.5, 0.6) is 0 Å². The van der Waals surface area contributed by atoms with E-state index in [1.54, 1.807) is 6.92 Å². The summed E-state index contributed by atoms with van der Waals surface area (Å²) in [4.78, 5) is 24.8. The third kappa shape index (κ3) is 6.52. The van der Waals surface area contributed by atoms with Gasteiger partial charge in [0.2, 0.25) is 0 Å². The first-order valence-electron chi connectivity index (χ1n) is 8.37. The van der Waals surface area contributed by atoms with Crippen LogP contribution >= 0.6 is 15.2 Å². The first-order valence-corrected chi connectivity index (χ1v) is 11.8. The summed E-state index contributed by atoms with van der Waals surface area (Å²) < 4.78 is 46.1. The molecule has 0 aromatic carbocycles. The highest BCUT2D eigenvalue weighted by Gasteiger charge is 2.22. The van der Waals surface area contributed by atoms with Crippen LogP contribution in [0.1, 0.15) is 18.5 Å². The molecule has 1 heterocycles. The molecule has 0 aliphatic rings. The Kier molecular flexibility index (Phi) is 9.34. The fourth-order valence-corrected chi connectivity index (χ4v) is 4.65. The van der Waals surface area contributed by atoms with Gasteiger partial charge in [0, 0.05) is 53.3 Å². The molecule has 0 radical (unpaired) electrons. The van der Waals surface area contributed by atoms with Crippen LogP contribution in [0.4, 0.5) is 0 Å². The molecule has 27 heavy (non-hydrogen) atoms. The van der Waals surface area contributed by atoms with Gasteiger partial charge in [-0.25, -0.2) is 4.79 Å². The Bertz CT molecular complexity index is 816. The Morgan fingerprint density at radius 2 is 1.22 bits per heavy atom.